The molecule has 2 unspecified atom stereocenters. The van der Waals surface area contributed by atoms with Gasteiger partial charge in [0.25, 0.3) is 0 Å². The molecule has 15 heavy (non-hydrogen) atoms. The van der Waals surface area contributed by atoms with Gasteiger partial charge >= 0.3 is 0 Å². The van der Waals surface area contributed by atoms with Crippen LogP contribution < -0.4 is 10.6 Å². The largest absolute Gasteiger partial charge is 0.351 e. The highest BCUT2D eigenvalue weighted by atomic mass is 35.5. The van der Waals surface area contributed by atoms with E-state index >= 15 is 0 Å². The number of hydrogen-bond donors (Lipinski definition) is 2. The van der Waals surface area contributed by atoms with E-state index < -0.39 is 10.8 Å². The minimum atomic E-state index is -0.706. The molecule has 2 rings (SSSR count). The minimum Gasteiger partial charge on any atom is -0.351 e. The molecule has 2 aliphatic heterocycles. The second kappa shape index (κ2) is 5.82. The Hall–Kier alpha value is -0.130. The monoisotopic (exact) mass is 252 g/mol. The Morgan fingerprint density at radius 1 is 1.40 bits per heavy atom. The standard InChI is InChI=1S/C9H16N2O2S.ClH/c12-9(8-2-1-4-10-8)11-7-3-5-14(13)6-7;/h7-8,10H,1-6H2,(H,11,12);1H/t7?,8-,14?;/m1./s1. The molecule has 0 bridgehead atoms. The van der Waals surface area contributed by atoms with Gasteiger partial charge in [-0.1, -0.05) is 0 Å². The van der Waals surface area contributed by atoms with E-state index in [-0.39, 0.29) is 30.4 Å². The van der Waals surface area contributed by atoms with Crippen LogP contribution in [-0.4, -0.2) is 40.3 Å². The first-order chi connectivity index (χ1) is 6.75. The molecule has 0 aliphatic carbocycles. The summed E-state index contributed by atoms with van der Waals surface area (Å²) >= 11 is 0. The van der Waals surface area contributed by atoms with Crippen molar-refractivity contribution >= 4 is 29.1 Å². The Kier molecular flexibility index (Phi) is 5.02. The molecule has 2 saturated heterocycles. The van der Waals surface area contributed by atoms with Crippen molar-refractivity contribution in [3.05, 3.63) is 0 Å². The van der Waals surface area contributed by atoms with E-state index in [0.717, 1.165) is 31.6 Å². The summed E-state index contributed by atoms with van der Waals surface area (Å²) in [4.78, 5) is 11.6. The third kappa shape index (κ3) is 3.43. The van der Waals surface area contributed by atoms with Gasteiger partial charge in [-0.2, -0.15) is 0 Å². The Bertz CT molecular complexity index is 256. The minimum absolute atomic E-state index is 0. The molecule has 6 heteroatoms. The smallest absolute Gasteiger partial charge is 0.237 e. The number of carbonyl (C=O) groups excluding carboxylic acids is 1. The van der Waals surface area contributed by atoms with Crippen molar-refractivity contribution in [2.45, 2.75) is 31.3 Å². The first-order valence-corrected chi connectivity index (χ1v) is 6.63. The Morgan fingerprint density at radius 2 is 2.20 bits per heavy atom. The number of hydrogen-bond acceptors (Lipinski definition) is 3. The van der Waals surface area contributed by atoms with Crippen molar-refractivity contribution in [1.29, 1.82) is 0 Å². The van der Waals surface area contributed by atoms with Gasteiger partial charge in [0.05, 0.1) is 6.04 Å². The van der Waals surface area contributed by atoms with E-state index in [4.69, 9.17) is 0 Å². The lowest BCUT2D eigenvalue weighted by Crippen LogP contribution is -2.45. The maximum Gasteiger partial charge on any atom is 0.237 e. The molecule has 2 heterocycles. The number of carbonyl (C=O) groups is 1. The molecule has 0 saturated carbocycles. The predicted octanol–water partition coefficient (Wildman–Crippen LogP) is -0.203. The highest BCUT2D eigenvalue weighted by Gasteiger charge is 2.27. The fourth-order valence-electron chi connectivity index (χ4n) is 1.99. The molecule has 2 N–H and O–H groups in total. The molecule has 0 aromatic rings. The summed E-state index contributed by atoms with van der Waals surface area (Å²) in [6.07, 6.45) is 2.88. The first kappa shape index (κ1) is 12.9. The lowest BCUT2D eigenvalue weighted by atomic mass is 10.2. The molecule has 0 spiro atoms. The van der Waals surface area contributed by atoms with Crippen molar-refractivity contribution in [3.8, 4) is 0 Å². The normalized spacial score (nSPS) is 34.8. The average molecular weight is 253 g/mol. The molecule has 88 valence electrons. The van der Waals surface area contributed by atoms with Crippen LogP contribution in [0.3, 0.4) is 0 Å². The predicted molar refractivity (Wildman–Crippen MR) is 62.7 cm³/mol. The SMILES string of the molecule is Cl.O=C(NC1CCS(=O)C1)[C@H]1CCCN1. The lowest BCUT2D eigenvalue weighted by molar-refractivity contribution is -0.123. The molecular weight excluding hydrogens is 236 g/mol. The van der Waals surface area contributed by atoms with Gasteiger partial charge in [0.2, 0.25) is 5.91 Å². The van der Waals surface area contributed by atoms with Crippen LogP contribution in [0.2, 0.25) is 0 Å². The summed E-state index contributed by atoms with van der Waals surface area (Å²) in [6, 6.07) is 0.134. The van der Waals surface area contributed by atoms with Gasteiger partial charge in [0.1, 0.15) is 0 Å². The Balaban J connectivity index is 0.00000112. The third-order valence-corrected chi connectivity index (χ3v) is 4.27. The zero-order valence-corrected chi connectivity index (χ0v) is 10.2. The Morgan fingerprint density at radius 3 is 2.73 bits per heavy atom. The zero-order chi connectivity index (χ0) is 9.97. The molecule has 4 nitrogen and oxygen atoms in total. The van der Waals surface area contributed by atoms with Crippen LogP contribution in [-0.2, 0) is 15.6 Å². The van der Waals surface area contributed by atoms with Gasteiger partial charge in [-0.3, -0.25) is 9.00 Å². The summed E-state index contributed by atoms with van der Waals surface area (Å²) < 4.78 is 11.1. The molecule has 0 radical (unpaired) electrons. The second-order valence-electron chi connectivity index (χ2n) is 3.95. The van der Waals surface area contributed by atoms with Gasteiger partial charge < -0.3 is 10.6 Å². The van der Waals surface area contributed by atoms with Crippen LogP contribution in [0.25, 0.3) is 0 Å². The van der Waals surface area contributed by atoms with Gasteiger partial charge in [0, 0.05) is 28.3 Å². The number of nitrogens with one attached hydrogen (secondary N) is 2. The molecule has 1 amide bonds. The highest BCUT2D eigenvalue weighted by Crippen LogP contribution is 2.10. The summed E-state index contributed by atoms with van der Waals surface area (Å²) in [5.74, 6) is 1.47. The van der Waals surface area contributed by atoms with E-state index in [1.807, 2.05) is 0 Å². The van der Waals surface area contributed by atoms with Crippen LogP contribution in [0.1, 0.15) is 19.3 Å². The van der Waals surface area contributed by atoms with Crippen LogP contribution in [0.4, 0.5) is 0 Å². The van der Waals surface area contributed by atoms with Crippen LogP contribution in [0.5, 0.6) is 0 Å². The van der Waals surface area contributed by atoms with Gasteiger partial charge in [-0.05, 0) is 25.8 Å². The van der Waals surface area contributed by atoms with Crippen molar-refractivity contribution in [3.63, 3.8) is 0 Å². The Labute approximate surface area is 98.4 Å². The summed E-state index contributed by atoms with van der Waals surface area (Å²) in [5, 5.41) is 6.11. The number of amides is 1. The van der Waals surface area contributed by atoms with Gasteiger partial charge in [0.15, 0.2) is 0 Å². The summed E-state index contributed by atoms with van der Waals surface area (Å²) in [7, 11) is -0.706. The van der Waals surface area contributed by atoms with Crippen molar-refractivity contribution in [2.75, 3.05) is 18.1 Å². The van der Waals surface area contributed by atoms with Crippen LogP contribution in [0, 0.1) is 0 Å². The summed E-state index contributed by atoms with van der Waals surface area (Å²) in [5.41, 5.74) is 0. The highest BCUT2D eigenvalue weighted by molar-refractivity contribution is 7.85. The maximum absolute atomic E-state index is 11.6. The first-order valence-electron chi connectivity index (χ1n) is 5.14. The van der Waals surface area contributed by atoms with Crippen molar-refractivity contribution in [2.24, 2.45) is 0 Å². The van der Waals surface area contributed by atoms with Gasteiger partial charge in [-0.15, -0.1) is 12.4 Å². The second-order valence-corrected chi connectivity index (χ2v) is 5.57. The average Bonchev–Trinajstić information content (AvgIpc) is 2.75. The third-order valence-electron chi connectivity index (χ3n) is 2.80. The van der Waals surface area contributed by atoms with E-state index in [9.17, 15) is 9.00 Å². The molecule has 0 aromatic carbocycles. The molecule has 2 aliphatic rings. The zero-order valence-electron chi connectivity index (χ0n) is 8.53. The lowest BCUT2D eigenvalue weighted by Gasteiger charge is -2.15. The van der Waals surface area contributed by atoms with Crippen LogP contribution >= 0.6 is 12.4 Å². The van der Waals surface area contributed by atoms with E-state index in [0.29, 0.717) is 5.75 Å². The molecular formula is C9H17ClN2O2S. The topological polar surface area (TPSA) is 58.2 Å². The maximum atomic E-state index is 11.6. The number of halogens is 1. The van der Waals surface area contributed by atoms with Crippen molar-refractivity contribution in [1.82, 2.24) is 10.6 Å². The van der Waals surface area contributed by atoms with E-state index in [2.05, 4.69) is 10.6 Å². The molecule has 0 aromatic heterocycles. The van der Waals surface area contributed by atoms with Crippen LogP contribution in [0.15, 0.2) is 0 Å². The van der Waals surface area contributed by atoms with E-state index in [1.165, 1.54) is 0 Å². The van der Waals surface area contributed by atoms with Gasteiger partial charge in [-0.25, -0.2) is 0 Å². The molecule has 2 fully saturated rings. The van der Waals surface area contributed by atoms with E-state index in [1.54, 1.807) is 0 Å². The molecule has 3 atom stereocenters. The van der Waals surface area contributed by atoms with Crippen molar-refractivity contribution < 1.29 is 9.00 Å². The number of rotatable bonds is 2. The fraction of sp³-hybridized carbons (Fsp3) is 0.889. The summed E-state index contributed by atoms with van der Waals surface area (Å²) in [6.45, 7) is 0.939. The fourth-order valence-corrected chi connectivity index (χ4v) is 3.40. The quantitative estimate of drug-likeness (QED) is 0.716.